The molecular weight excluding hydrogens is 348 g/mol. The van der Waals surface area contributed by atoms with Gasteiger partial charge in [0.05, 0.1) is 20.8 Å². The summed E-state index contributed by atoms with van der Waals surface area (Å²) in [6.07, 6.45) is 3.48. The molecule has 0 aliphatic carbocycles. The van der Waals surface area contributed by atoms with E-state index >= 15 is 0 Å². The Kier molecular flexibility index (Phi) is 7.55. The average molecular weight is 372 g/mol. The summed E-state index contributed by atoms with van der Waals surface area (Å²) >= 11 is 0. The van der Waals surface area contributed by atoms with Gasteiger partial charge in [-0.3, -0.25) is 0 Å². The molecule has 2 aromatic carbocycles. The Morgan fingerprint density at radius 2 is 1.67 bits per heavy atom. The number of para-hydroxylation sites is 1. The minimum absolute atomic E-state index is 0.204. The Bertz CT molecular complexity index is 758. The van der Waals surface area contributed by atoms with Gasteiger partial charge in [-0.05, 0) is 42.3 Å². The van der Waals surface area contributed by atoms with E-state index in [1.807, 2.05) is 0 Å². The van der Waals surface area contributed by atoms with Crippen LogP contribution in [-0.4, -0.2) is 31.9 Å². The van der Waals surface area contributed by atoms with E-state index in [2.05, 4.69) is 6.92 Å². The molecule has 144 valence electrons. The van der Waals surface area contributed by atoms with Crippen molar-refractivity contribution in [2.75, 3.05) is 20.8 Å². The molecule has 0 saturated carbocycles. The first-order valence-electron chi connectivity index (χ1n) is 8.65. The van der Waals surface area contributed by atoms with Crippen molar-refractivity contribution in [1.29, 1.82) is 0 Å². The number of carbonyl (C=O) groups is 1. The van der Waals surface area contributed by atoms with Gasteiger partial charge in [0.1, 0.15) is 5.75 Å². The van der Waals surface area contributed by atoms with Crippen LogP contribution in [0, 0.1) is 0 Å². The zero-order valence-corrected chi connectivity index (χ0v) is 15.7. The van der Waals surface area contributed by atoms with Gasteiger partial charge in [-0.1, -0.05) is 31.5 Å². The fraction of sp³-hybridized carbons (Fsp3) is 0.286. The second-order valence-corrected chi connectivity index (χ2v) is 5.68. The van der Waals surface area contributed by atoms with Crippen molar-refractivity contribution in [1.82, 2.24) is 0 Å². The lowest BCUT2D eigenvalue weighted by molar-refractivity contribution is -0.134. The van der Waals surface area contributed by atoms with Gasteiger partial charge < -0.3 is 24.1 Å². The summed E-state index contributed by atoms with van der Waals surface area (Å²) in [5.74, 6) is 0.242. The summed E-state index contributed by atoms with van der Waals surface area (Å²) in [5.41, 5.74) is 0.670. The summed E-state index contributed by atoms with van der Waals surface area (Å²) < 4.78 is 21.7. The van der Waals surface area contributed by atoms with Gasteiger partial charge in [-0.25, -0.2) is 4.79 Å². The maximum atomic E-state index is 11.6. The Labute approximate surface area is 158 Å². The predicted octanol–water partition coefficient (Wildman–Crippen LogP) is 4.39. The molecule has 27 heavy (non-hydrogen) atoms. The number of methoxy groups -OCH3 is 2. The average Bonchev–Trinajstić information content (AvgIpc) is 2.68. The fourth-order valence-electron chi connectivity index (χ4n) is 2.31. The van der Waals surface area contributed by atoms with Crippen molar-refractivity contribution in [3.8, 4) is 23.0 Å². The van der Waals surface area contributed by atoms with E-state index in [0.29, 0.717) is 23.7 Å². The number of carboxylic acids is 1. The first-order chi connectivity index (χ1) is 13.1. The van der Waals surface area contributed by atoms with Gasteiger partial charge >= 0.3 is 5.97 Å². The number of rotatable bonds is 10. The summed E-state index contributed by atoms with van der Waals surface area (Å²) in [6.45, 7) is 2.75. The molecule has 0 heterocycles. The van der Waals surface area contributed by atoms with Crippen LogP contribution >= 0.6 is 0 Å². The van der Waals surface area contributed by atoms with E-state index in [1.165, 1.54) is 20.3 Å². The molecule has 0 fully saturated rings. The highest BCUT2D eigenvalue weighted by Gasteiger charge is 2.18. The molecule has 0 radical (unpaired) electrons. The number of ether oxygens (including phenoxy) is 4. The summed E-state index contributed by atoms with van der Waals surface area (Å²) in [7, 11) is 2.95. The van der Waals surface area contributed by atoms with Crippen LogP contribution < -0.4 is 18.9 Å². The second kappa shape index (κ2) is 10.1. The van der Waals surface area contributed by atoms with Gasteiger partial charge in [0.2, 0.25) is 11.5 Å². The monoisotopic (exact) mass is 372 g/mol. The number of hydrogen-bond donors (Lipinski definition) is 1. The SMILES string of the molecule is CCCCOc1ccc(C=C(Oc2c(OC)cccc2OC)C(=O)O)cc1. The zero-order chi connectivity index (χ0) is 19.6. The Balaban J connectivity index is 2.24. The molecule has 0 unspecified atom stereocenters. The molecule has 0 bridgehead atoms. The second-order valence-electron chi connectivity index (χ2n) is 5.68. The highest BCUT2D eigenvalue weighted by atomic mass is 16.6. The smallest absolute Gasteiger partial charge is 0.371 e. The molecule has 0 amide bonds. The highest BCUT2D eigenvalue weighted by Crippen LogP contribution is 2.38. The topological polar surface area (TPSA) is 74.2 Å². The fourth-order valence-corrected chi connectivity index (χ4v) is 2.31. The number of carboxylic acid groups (broad SMARTS) is 1. The molecule has 0 aliphatic rings. The maximum absolute atomic E-state index is 11.6. The number of unbranched alkanes of at least 4 members (excludes halogenated alkanes) is 1. The molecule has 6 nitrogen and oxygen atoms in total. The van der Waals surface area contributed by atoms with Crippen molar-refractivity contribution >= 4 is 12.0 Å². The summed E-state index contributed by atoms with van der Waals surface area (Å²) in [4.78, 5) is 11.6. The van der Waals surface area contributed by atoms with Crippen LogP contribution in [0.1, 0.15) is 25.3 Å². The van der Waals surface area contributed by atoms with E-state index in [9.17, 15) is 9.90 Å². The molecule has 0 atom stereocenters. The summed E-state index contributed by atoms with van der Waals surface area (Å²) in [6, 6.07) is 12.2. The molecule has 6 heteroatoms. The van der Waals surface area contributed by atoms with Gasteiger partial charge in [0.25, 0.3) is 0 Å². The third-order valence-corrected chi connectivity index (χ3v) is 3.75. The minimum Gasteiger partial charge on any atom is -0.494 e. The van der Waals surface area contributed by atoms with Gasteiger partial charge in [0, 0.05) is 0 Å². The van der Waals surface area contributed by atoms with Gasteiger partial charge in [0.15, 0.2) is 11.5 Å². The Morgan fingerprint density at radius 3 is 2.19 bits per heavy atom. The molecular formula is C21H24O6. The first kappa shape index (κ1) is 20.2. The van der Waals surface area contributed by atoms with Crippen molar-refractivity contribution in [2.24, 2.45) is 0 Å². The van der Waals surface area contributed by atoms with Crippen LogP contribution in [0.25, 0.3) is 6.08 Å². The lowest BCUT2D eigenvalue weighted by Gasteiger charge is -2.14. The third-order valence-electron chi connectivity index (χ3n) is 3.75. The van der Waals surface area contributed by atoms with Crippen LogP contribution in [0.15, 0.2) is 48.2 Å². The van der Waals surface area contributed by atoms with Gasteiger partial charge in [-0.2, -0.15) is 0 Å². The lowest BCUT2D eigenvalue weighted by Crippen LogP contribution is -2.09. The highest BCUT2D eigenvalue weighted by molar-refractivity contribution is 5.90. The van der Waals surface area contributed by atoms with Crippen molar-refractivity contribution in [3.05, 3.63) is 53.8 Å². The zero-order valence-electron chi connectivity index (χ0n) is 15.7. The lowest BCUT2D eigenvalue weighted by atomic mass is 10.2. The van der Waals surface area contributed by atoms with Gasteiger partial charge in [-0.15, -0.1) is 0 Å². The van der Waals surface area contributed by atoms with E-state index in [-0.39, 0.29) is 11.5 Å². The van der Waals surface area contributed by atoms with Crippen molar-refractivity contribution in [3.63, 3.8) is 0 Å². The quantitative estimate of drug-likeness (QED) is 0.379. The van der Waals surface area contributed by atoms with E-state index in [1.54, 1.807) is 42.5 Å². The number of aliphatic carboxylic acids is 1. The van der Waals surface area contributed by atoms with E-state index in [4.69, 9.17) is 18.9 Å². The number of hydrogen-bond acceptors (Lipinski definition) is 5. The normalized spacial score (nSPS) is 11.0. The molecule has 1 N–H and O–H groups in total. The van der Waals surface area contributed by atoms with E-state index < -0.39 is 5.97 Å². The van der Waals surface area contributed by atoms with Crippen LogP contribution in [0.2, 0.25) is 0 Å². The molecule has 0 saturated heterocycles. The van der Waals surface area contributed by atoms with Crippen LogP contribution in [0.3, 0.4) is 0 Å². The summed E-state index contributed by atoms with van der Waals surface area (Å²) in [5, 5.41) is 9.52. The molecule has 2 aromatic rings. The van der Waals surface area contributed by atoms with Crippen molar-refractivity contribution in [2.45, 2.75) is 19.8 Å². The maximum Gasteiger partial charge on any atom is 0.371 e. The predicted molar refractivity (Wildman–Crippen MR) is 103 cm³/mol. The third kappa shape index (κ3) is 5.67. The van der Waals surface area contributed by atoms with Crippen LogP contribution in [0.4, 0.5) is 0 Å². The molecule has 0 spiro atoms. The largest absolute Gasteiger partial charge is 0.494 e. The minimum atomic E-state index is -1.20. The Hall–Kier alpha value is -3.15. The van der Waals surface area contributed by atoms with Crippen LogP contribution in [0.5, 0.6) is 23.0 Å². The van der Waals surface area contributed by atoms with Crippen molar-refractivity contribution < 1.29 is 28.8 Å². The number of benzene rings is 2. The molecule has 0 aliphatic heterocycles. The standard InChI is InChI=1S/C21H24O6/c1-4-5-13-26-16-11-9-15(10-12-16)14-19(21(22)23)27-20-17(24-2)7-6-8-18(20)25-3/h6-12,14H,4-5,13H2,1-3H3,(H,22,23). The molecule has 0 aromatic heterocycles. The first-order valence-corrected chi connectivity index (χ1v) is 8.65. The van der Waals surface area contributed by atoms with E-state index in [0.717, 1.165) is 18.6 Å². The van der Waals surface area contributed by atoms with Crippen LogP contribution in [-0.2, 0) is 4.79 Å². The Morgan fingerprint density at radius 1 is 1.04 bits per heavy atom. The molecule has 2 rings (SSSR count).